The van der Waals surface area contributed by atoms with Crippen molar-refractivity contribution in [3.63, 3.8) is 0 Å². The smallest absolute Gasteiger partial charge is 0.481 e. The van der Waals surface area contributed by atoms with Crippen LogP contribution < -0.4 is 14.8 Å². The minimum absolute atomic E-state index is 0.00990. The molecule has 0 bridgehead atoms. The molecule has 0 saturated heterocycles. The molecule has 0 unspecified atom stereocenters. The van der Waals surface area contributed by atoms with Crippen molar-refractivity contribution in [3.05, 3.63) is 53.7 Å². The molecule has 11 heteroatoms. The maximum atomic E-state index is 13.4. The minimum Gasteiger partial charge on any atom is -0.481 e. The van der Waals surface area contributed by atoms with Crippen molar-refractivity contribution in [2.45, 2.75) is 56.5 Å². The lowest BCUT2D eigenvalue weighted by Gasteiger charge is -2.23. The lowest BCUT2D eigenvalue weighted by atomic mass is 9.89. The Kier molecular flexibility index (Phi) is 5.68. The first-order chi connectivity index (χ1) is 17.4. The highest BCUT2D eigenvalue weighted by Crippen LogP contribution is 2.52. The predicted octanol–water partition coefficient (Wildman–Crippen LogP) is 3.35. The third kappa shape index (κ3) is 4.27. The highest BCUT2D eigenvalue weighted by molar-refractivity contribution is 6.02. The largest absolute Gasteiger partial charge is 0.586 e. The van der Waals surface area contributed by atoms with Crippen molar-refractivity contribution in [3.8, 4) is 11.5 Å². The molecule has 3 aromatic rings. The molecule has 37 heavy (non-hydrogen) atoms. The van der Waals surface area contributed by atoms with Crippen LogP contribution in [-0.2, 0) is 27.0 Å². The van der Waals surface area contributed by atoms with Gasteiger partial charge < -0.3 is 34.7 Å². The molecule has 196 valence electrons. The summed E-state index contributed by atoms with van der Waals surface area (Å²) < 4.78 is 37.4. The Hall–Kier alpha value is -3.70. The SMILES string of the molecule is CC(C)(C(=O)O)c1cc2cc(NC(=O)C3(c4ccc5c(c4)OC(F)(F)O5)CC3)ccc2n1C[C@@H](O)CO. The third-order valence-electron chi connectivity index (χ3n) is 7.08. The number of amides is 1. The fraction of sp³-hybridized carbons (Fsp3) is 0.385. The van der Waals surface area contributed by atoms with Crippen LogP contribution in [0.15, 0.2) is 42.5 Å². The molecule has 0 spiro atoms. The van der Waals surface area contributed by atoms with Crippen LogP contribution in [-0.4, -0.2) is 50.8 Å². The van der Waals surface area contributed by atoms with Crippen LogP contribution in [0.3, 0.4) is 0 Å². The summed E-state index contributed by atoms with van der Waals surface area (Å²) >= 11 is 0. The number of anilines is 1. The van der Waals surface area contributed by atoms with Crippen LogP contribution >= 0.6 is 0 Å². The van der Waals surface area contributed by atoms with Gasteiger partial charge in [0.1, 0.15) is 5.41 Å². The zero-order valence-electron chi connectivity index (χ0n) is 20.1. The average molecular weight is 516 g/mol. The van der Waals surface area contributed by atoms with E-state index in [1.165, 1.54) is 12.1 Å². The summed E-state index contributed by atoms with van der Waals surface area (Å²) in [5, 5.41) is 32.7. The van der Waals surface area contributed by atoms with Gasteiger partial charge in [0.25, 0.3) is 0 Å². The summed E-state index contributed by atoms with van der Waals surface area (Å²) in [7, 11) is 0. The Bertz CT molecular complexity index is 1410. The van der Waals surface area contributed by atoms with Crippen LogP contribution in [0.25, 0.3) is 10.9 Å². The van der Waals surface area contributed by atoms with Gasteiger partial charge in [0.2, 0.25) is 5.91 Å². The Balaban J connectivity index is 1.44. The molecule has 2 aromatic carbocycles. The topological polar surface area (TPSA) is 130 Å². The van der Waals surface area contributed by atoms with E-state index in [1.54, 1.807) is 48.7 Å². The number of carbonyl (C=O) groups is 2. The van der Waals surface area contributed by atoms with E-state index >= 15 is 0 Å². The zero-order chi connectivity index (χ0) is 26.8. The highest BCUT2D eigenvalue weighted by Gasteiger charge is 2.52. The number of benzene rings is 2. The van der Waals surface area contributed by atoms with Crippen LogP contribution in [0.5, 0.6) is 11.5 Å². The third-order valence-corrected chi connectivity index (χ3v) is 7.08. The van der Waals surface area contributed by atoms with Gasteiger partial charge in [-0.1, -0.05) is 6.07 Å². The molecular formula is C26H26F2N2O7. The van der Waals surface area contributed by atoms with Crippen molar-refractivity contribution in [1.82, 2.24) is 4.57 Å². The molecule has 2 heterocycles. The number of aliphatic carboxylic acids is 1. The Morgan fingerprint density at radius 2 is 1.81 bits per heavy atom. The molecule has 4 N–H and O–H groups in total. The molecule has 0 radical (unpaired) electrons. The lowest BCUT2D eigenvalue weighted by molar-refractivity contribution is -0.286. The number of aliphatic hydroxyl groups excluding tert-OH is 2. The van der Waals surface area contributed by atoms with Crippen molar-refractivity contribution < 1.29 is 43.2 Å². The van der Waals surface area contributed by atoms with E-state index in [-0.39, 0.29) is 24.0 Å². The lowest BCUT2D eigenvalue weighted by Crippen LogP contribution is -2.33. The number of alkyl halides is 2. The van der Waals surface area contributed by atoms with Crippen molar-refractivity contribution in [1.29, 1.82) is 0 Å². The number of hydrogen-bond donors (Lipinski definition) is 4. The van der Waals surface area contributed by atoms with Gasteiger partial charge in [0.05, 0.1) is 24.7 Å². The van der Waals surface area contributed by atoms with Gasteiger partial charge >= 0.3 is 12.3 Å². The van der Waals surface area contributed by atoms with Crippen LogP contribution in [0.2, 0.25) is 0 Å². The standard InChI is InChI=1S/C26H26F2N2O7/c1-24(2,23(34)35)21-10-14-9-16(4-5-18(14)30(21)12-17(32)13-31)29-22(33)25(7-8-25)15-3-6-19-20(11-15)37-26(27,28)36-19/h3-6,9-11,17,31-32H,7-8,12-13H2,1-2H3,(H,29,33)(H,34,35)/t17-/m1/s1. The second-order valence-corrected chi connectivity index (χ2v) is 10.0. The molecule has 2 aliphatic rings. The van der Waals surface area contributed by atoms with Gasteiger partial charge in [-0.25, -0.2) is 0 Å². The van der Waals surface area contributed by atoms with E-state index in [1.807, 2.05) is 0 Å². The highest BCUT2D eigenvalue weighted by atomic mass is 19.3. The number of aromatic nitrogens is 1. The molecule has 5 rings (SSSR count). The first-order valence-corrected chi connectivity index (χ1v) is 11.7. The number of nitrogens with one attached hydrogen (secondary N) is 1. The average Bonchev–Trinajstić information content (AvgIpc) is 3.48. The molecular weight excluding hydrogens is 490 g/mol. The van der Waals surface area contributed by atoms with Gasteiger partial charge in [-0.05, 0) is 68.7 Å². The Morgan fingerprint density at radius 1 is 1.11 bits per heavy atom. The van der Waals surface area contributed by atoms with Gasteiger partial charge in [0, 0.05) is 22.3 Å². The van der Waals surface area contributed by atoms with Gasteiger partial charge in [-0.15, -0.1) is 8.78 Å². The second kappa shape index (κ2) is 8.42. The van der Waals surface area contributed by atoms with Gasteiger partial charge in [-0.2, -0.15) is 0 Å². The number of nitrogens with zero attached hydrogens (tertiary/aromatic N) is 1. The number of carbonyl (C=O) groups excluding carboxylic acids is 1. The van der Waals surface area contributed by atoms with Crippen molar-refractivity contribution in [2.75, 3.05) is 11.9 Å². The Labute approximate surface area is 210 Å². The summed E-state index contributed by atoms with van der Waals surface area (Å²) in [5.74, 6) is -1.58. The number of rotatable bonds is 8. The van der Waals surface area contributed by atoms with E-state index < -0.39 is 35.8 Å². The summed E-state index contributed by atoms with van der Waals surface area (Å²) in [6.45, 7) is 2.60. The molecule has 1 amide bonds. The molecule has 1 aliphatic heterocycles. The first-order valence-electron chi connectivity index (χ1n) is 11.7. The number of carboxylic acid groups (broad SMARTS) is 1. The van der Waals surface area contributed by atoms with Crippen molar-refractivity contribution >= 4 is 28.5 Å². The summed E-state index contributed by atoms with van der Waals surface area (Å²) in [5.41, 5.74) is -0.101. The normalized spacial score (nSPS) is 18.0. The molecule has 1 saturated carbocycles. The van der Waals surface area contributed by atoms with E-state index in [0.717, 1.165) is 0 Å². The fourth-order valence-electron chi connectivity index (χ4n) is 4.71. The summed E-state index contributed by atoms with van der Waals surface area (Å²) in [6.07, 6.45) is -3.77. The monoisotopic (exact) mass is 516 g/mol. The fourth-order valence-corrected chi connectivity index (χ4v) is 4.71. The number of fused-ring (bicyclic) bond motifs is 2. The van der Waals surface area contributed by atoms with E-state index in [4.69, 9.17) is 0 Å². The number of carboxylic acids is 1. The maximum Gasteiger partial charge on any atom is 0.586 e. The minimum atomic E-state index is -3.74. The molecule has 1 atom stereocenters. The predicted molar refractivity (Wildman–Crippen MR) is 128 cm³/mol. The molecule has 9 nitrogen and oxygen atoms in total. The quantitative estimate of drug-likeness (QED) is 0.361. The summed E-state index contributed by atoms with van der Waals surface area (Å²) in [4.78, 5) is 25.2. The second-order valence-electron chi connectivity index (χ2n) is 10.0. The van der Waals surface area contributed by atoms with Crippen LogP contribution in [0, 0.1) is 0 Å². The van der Waals surface area contributed by atoms with Gasteiger partial charge in [0.15, 0.2) is 11.5 Å². The van der Waals surface area contributed by atoms with E-state index in [0.29, 0.717) is 40.7 Å². The maximum absolute atomic E-state index is 13.4. The number of halogens is 2. The molecule has 1 aromatic heterocycles. The molecule has 1 aliphatic carbocycles. The zero-order valence-corrected chi connectivity index (χ0v) is 20.1. The number of hydrogen-bond acceptors (Lipinski definition) is 6. The van der Waals surface area contributed by atoms with Crippen LogP contribution in [0.4, 0.5) is 14.5 Å². The van der Waals surface area contributed by atoms with E-state index in [2.05, 4.69) is 14.8 Å². The van der Waals surface area contributed by atoms with Crippen molar-refractivity contribution in [2.24, 2.45) is 0 Å². The summed E-state index contributed by atoms with van der Waals surface area (Å²) in [6, 6.07) is 11.1. The number of aliphatic hydroxyl groups is 2. The van der Waals surface area contributed by atoms with Gasteiger partial charge in [-0.3, -0.25) is 9.59 Å². The first kappa shape index (κ1) is 25.0. The number of ether oxygens (including phenoxy) is 2. The van der Waals surface area contributed by atoms with Crippen LogP contribution in [0.1, 0.15) is 37.9 Å². The van der Waals surface area contributed by atoms with E-state index in [9.17, 15) is 33.7 Å². The Morgan fingerprint density at radius 3 is 2.46 bits per heavy atom. The molecule has 1 fully saturated rings.